The van der Waals surface area contributed by atoms with Gasteiger partial charge in [0.05, 0.1) is 7.11 Å². The van der Waals surface area contributed by atoms with Crippen LogP contribution in [0.25, 0.3) is 5.57 Å². The molecule has 1 heterocycles. The van der Waals surface area contributed by atoms with Crippen LogP contribution >= 0.6 is 0 Å². The molecule has 84 valence electrons. The molecule has 2 rings (SSSR count). The first-order chi connectivity index (χ1) is 7.56. The molecular formula is C11H11NO3S. The van der Waals surface area contributed by atoms with Gasteiger partial charge in [-0.05, 0) is 12.1 Å². The number of ether oxygens (including phenoxy) is 1. The molecule has 4 nitrogen and oxygen atoms in total. The number of allylic oxidation sites excluding steroid dienone is 2. The van der Waals surface area contributed by atoms with Gasteiger partial charge in [0.15, 0.2) is 0 Å². The van der Waals surface area contributed by atoms with Crippen LogP contribution in [0.3, 0.4) is 0 Å². The summed E-state index contributed by atoms with van der Waals surface area (Å²) in [6.45, 7) is 0. The summed E-state index contributed by atoms with van der Waals surface area (Å²) in [7, 11) is -1.90. The fourth-order valence-corrected chi connectivity index (χ4v) is 2.50. The van der Waals surface area contributed by atoms with E-state index in [1.165, 1.54) is 13.2 Å². The van der Waals surface area contributed by atoms with Crippen molar-refractivity contribution in [1.29, 1.82) is 0 Å². The van der Waals surface area contributed by atoms with Gasteiger partial charge in [0.25, 0.3) is 0 Å². The van der Waals surface area contributed by atoms with Crippen molar-refractivity contribution in [3.63, 3.8) is 0 Å². The molecule has 1 aliphatic heterocycles. The van der Waals surface area contributed by atoms with Gasteiger partial charge in [-0.15, -0.1) is 0 Å². The van der Waals surface area contributed by atoms with E-state index in [1.54, 1.807) is 18.2 Å². The molecule has 0 unspecified atom stereocenters. The van der Waals surface area contributed by atoms with Crippen LogP contribution in [0.2, 0.25) is 0 Å². The fourth-order valence-electron chi connectivity index (χ4n) is 1.56. The van der Waals surface area contributed by atoms with E-state index in [1.807, 2.05) is 6.07 Å². The van der Waals surface area contributed by atoms with Crippen LogP contribution in [0.15, 0.2) is 40.8 Å². The molecule has 16 heavy (non-hydrogen) atoms. The number of para-hydroxylation sites is 1. The normalized spacial score (nSPS) is 17.8. The zero-order valence-electron chi connectivity index (χ0n) is 8.67. The predicted octanol–water partition coefficient (Wildman–Crippen LogP) is 1.26. The van der Waals surface area contributed by atoms with Crippen LogP contribution in [0.4, 0.5) is 0 Å². The summed E-state index contributed by atoms with van der Waals surface area (Å²) in [6, 6.07) is 7.14. The number of sulfone groups is 1. The predicted molar refractivity (Wildman–Crippen MR) is 62.2 cm³/mol. The van der Waals surface area contributed by atoms with E-state index in [9.17, 15) is 8.42 Å². The molecule has 0 amide bonds. The Bertz CT molecular complexity index is 585. The zero-order chi connectivity index (χ0) is 11.8. The number of nitrogens with two attached hydrogens (primary N) is 1. The topological polar surface area (TPSA) is 69.4 Å². The van der Waals surface area contributed by atoms with Gasteiger partial charge in [0.1, 0.15) is 10.8 Å². The van der Waals surface area contributed by atoms with Crippen LogP contribution in [-0.4, -0.2) is 15.5 Å². The first-order valence-corrected chi connectivity index (χ1v) is 6.17. The molecule has 0 saturated carbocycles. The summed E-state index contributed by atoms with van der Waals surface area (Å²) in [5.74, 6) is 0.599. The lowest BCUT2D eigenvalue weighted by Gasteiger charge is -2.08. The minimum atomic E-state index is -3.43. The maximum Gasteiger partial charge on any atom is 0.215 e. The number of hydrogen-bond acceptors (Lipinski definition) is 4. The van der Waals surface area contributed by atoms with Gasteiger partial charge < -0.3 is 10.5 Å². The molecule has 0 aliphatic carbocycles. The van der Waals surface area contributed by atoms with Crippen LogP contribution in [-0.2, 0) is 9.84 Å². The van der Waals surface area contributed by atoms with Crippen LogP contribution in [0, 0.1) is 0 Å². The highest BCUT2D eigenvalue weighted by Crippen LogP contribution is 2.33. The van der Waals surface area contributed by atoms with E-state index in [4.69, 9.17) is 10.5 Å². The summed E-state index contributed by atoms with van der Waals surface area (Å²) < 4.78 is 28.0. The van der Waals surface area contributed by atoms with Crippen LogP contribution in [0.5, 0.6) is 5.75 Å². The minimum Gasteiger partial charge on any atom is -0.496 e. The van der Waals surface area contributed by atoms with Crippen molar-refractivity contribution in [3.8, 4) is 5.75 Å². The largest absolute Gasteiger partial charge is 0.496 e. The Labute approximate surface area is 93.9 Å². The van der Waals surface area contributed by atoms with Gasteiger partial charge >= 0.3 is 0 Å². The Morgan fingerprint density at radius 1 is 1.25 bits per heavy atom. The SMILES string of the molecule is COc1ccccc1C1=C(N)S(=O)(=O)C=C1. The molecule has 1 aromatic carbocycles. The standard InChI is InChI=1S/C11H11NO3S/c1-15-10-5-3-2-4-8(10)9-6-7-16(13,14)11(9)12/h2-7H,12H2,1H3. The first-order valence-electron chi connectivity index (χ1n) is 4.62. The average Bonchev–Trinajstić information content (AvgIpc) is 2.54. The second-order valence-corrected chi connectivity index (χ2v) is 5.13. The highest BCUT2D eigenvalue weighted by Gasteiger charge is 2.23. The van der Waals surface area contributed by atoms with Crippen molar-refractivity contribution in [2.24, 2.45) is 5.73 Å². The van der Waals surface area contributed by atoms with E-state index in [2.05, 4.69) is 0 Å². The monoisotopic (exact) mass is 237 g/mol. The second kappa shape index (κ2) is 3.68. The number of hydrogen-bond donors (Lipinski definition) is 1. The Balaban J connectivity index is 2.64. The van der Waals surface area contributed by atoms with Gasteiger partial charge in [0.2, 0.25) is 9.84 Å². The van der Waals surface area contributed by atoms with Gasteiger partial charge in [-0.25, -0.2) is 8.42 Å². The molecule has 1 aromatic rings. The summed E-state index contributed by atoms with van der Waals surface area (Å²) in [6.07, 6.45) is 1.49. The molecular weight excluding hydrogens is 226 g/mol. The summed E-state index contributed by atoms with van der Waals surface area (Å²) in [4.78, 5) is 0. The van der Waals surface area contributed by atoms with Crippen molar-refractivity contribution >= 4 is 15.4 Å². The average molecular weight is 237 g/mol. The molecule has 0 spiro atoms. The third-order valence-corrected chi connectivity index (χ3v) is 3.71. The van der Waals surface area contributed by atoms with Gasteiger partial charge in [-0.3, -0.25) is 0 Å². The maximum absolute atomic E-state index is 11.4. The fraction of sp³-hybridized carbons (Fsp3) is 0.0909. The Morgan fingerprint density at radius 3 is 2.50 bits per heavy atom. The lowest BCUT2D eigenvalue weighted by atomic mass is 10.1. The van der Waals surface area contributed by atoms with Crippen LogP contribution < -0.4 is 10.5 Å². The Hall–Kier alpha value is -1.75. The van der Waals surface area contributed by atoms with E-state index in [0.29, 0.717) is 16.9 Å². The minimum absolute atomic E-state index is 0.128. The lowest BCUT2D eigenvalue weighted by molar-refractivity contribution is 0.413. The number of benzene rings is 1. The van der Waals surface area contributed by atoms with Crippen molar-refractivity contribution in [1.82, 2.24) is 0 Å². The van der Waals surface area contributed by atoms with Gasteiger partial charge in [-0.2, -0.15) is 0 Å². The highest BCUT2D eigenvalue weighted by atomic mass is 32.2. The molecule has 0 saturated heterocycles. The molecule has 0 fully saturated rings. The smallest absolute Gasteiger partial charge is 0.215 e. The summed E-state index contributed by atoms with van der Waals surface area (Å²) >= 11 is 0. The Morgan fingerprint density at radius 2 is 1.94 bits per heavy atom. The Kier molecular flexibility index (Phi) is 2.47. The van der Waals surface area contributed by atoms with Gasteiger partial charge in [-0.1, -0.05) is 18.2 Å². The van der Waals surface area contributed by atoms with Crippen molar-refractivity contribution in [3.05, 3.63) is 46.3 Å². The number of methoxy groups -OCH3 is 1. The van der Waals surface area contributed by atoms with Crippen molar-refractivity contribution in [2.45, 2.75) is 0 Å². The highest BCUT2D eigenvalue weighted by molar-refractivity contribution is 7.98. The van der Waals surface area contributed by atoms with E-state index in [-0.39, 0.29) is 5.03 Å². The van der Waals surface area contributed by atoms with Crippen LogP contribution in [0.1, 0.15) is 5.56 Å². The third-order valence-electron chi connectivity index (χ3n) is 2.38. The molecule has 0 atom stereocenters. The molecule has 5 heteroatoms. The van der Waals surface area contributed by atoms with Crippen molar-refractivity contribution < 1.29 is 13.2 Å². The second-order valence-electron chi connectivity index (χ2n) is 3.33. The molecule has 0 radical (unpaired) electrons. The molecule has 1 aliphatic rings. The van der Waals surface area contributed by atoms with Crippen molar-refractivity contribution in [2.75, 3.05) is 7.11 Å². The number of rotatable bonds is 2. The lowest BCUT2D eigenvalue weighted by Crippen LogP contribution is -2.07. The summed E-state index contributed by atoms with van der Waals surface area (Å²) in [5, 5.41) is 0.974. The maximum atomic E-state index is 11.4. The molecule has 2 N–H and O–H groups in total. The molecule has 0 aromatic heterocycles. The van der Waals surface area contributed by atoms with Gasteiger partial charge in [0, 0.05) is 16.5 Å². The van der Waals surface area contributed by atoms with E-state index < -0.39 is 9.84 Å². The first kappa shape index (κ1) is 10.8. The third kappa shape index (κ3) is 1.59. The van der Waals surface area contributed by atoms with E-state index >= 15 is 0 Å². The zero-order valence-corrected chi connectivity index (χ0v) is 9.49. The van der Waals surface area contributed by atoms with E-state index in [0.717, 1.165) is 5.41 Å². The molecule has 0 bridgehead atoms. The summed E-state index contributed by atoms with van der Waals surface area (Å²) in [5.41, 5.74) is 6.75. The quantitative estimate of drug-likeness (QED) is 0.840.